The van der Waals surface area contributed by atoms with Crippen LogP contribution >= 0.6 is 0 Å². The largest absolute Gasteiger partial charge is 0.377 e. The molecule has 0 unspecified atom stereocenters. The standard InChI is InChI=1S/C5H2O5/c6-1-2(7)4(9)5(10)3(1)8/h1,6H. The second-order valence-electron chi connectivity index (χ2n) is 1.79. The van der Waals surface area contributed by atoms with Crippen LogP contribution in [0.4, 0.5) is 0 Å². The third-order valence-electron chi connectivity index (χ3n) is 1.15. The molecule has 52 valence electrons. The van der Waals surface area contributed by atoms with Gasteiger partial charge < -0.3 is 5.11 Å². The lowest BCUT2D eigenvalue weighted by atomic mass is 10.3. The molecule has 1 rings (SSSR count). The van der Waals surface area contributed by atoms with Crippen molar-refractivity contribution in [3.8, 4) is 0 Å². The molecule has 1 aliphatic rings. The Kier molecular flexibility index (Phi) is 1.22. The smallest absolute Gasteiger partial charge is 0.275 e. The number of hydrogen-bond acceptors (Lipinski definition) is 5. The predicted octanol–water partition coefficient (Wildman–Crippen LogP) is -2.36. The first kappa shape index (κ1) is 6.76. The molecule has 5 nitrogen and oxygen atoms in total. The van der Waals surface area contributed by atoms with E-state index < -0.39 is 29.2 Å². The van der Waals surface area contributed by atoms with Crippen LogP contribution in [0.3, 0.4) is 0 Å². The van der Waals surface area contributed by atoms with E-state index in [1.54, 1.807) is 0 Å². The van der Waals surface area contributed by atoms with E-state index in [9.17, 15) is 19.2 Å². The molecular weight excluding hydrogens is 140 g/mol. The fourth-order valence-electron chi connectivity index (χ4n) is 0.591. The number of ketones is 4. The Morgan fingerprint density at radius 2 is 1.20 bits per heavy atom. The van der Waals surface area contributed by atoms with Gasteiger partial charge in [0.15, 0.2) is 6.10 Å². The van der Waals surface area contributed by atoms with Crippen molar-refractivity contribution in [2.24, 2.45) is 0 Å². The van der Waals surface area contributed by atoms with Crippen LogP contribution in [0.25, 0.3) is 0 Å². The number of Topliss-reactive ketones (excluding diaryl/α,β-unsaturated/α-hetero) is 4. The van der Waals surface area contributed by atoms with Crippen molar-refractivity contribution < 1.29 is 24.3 Å². The van der Waals surface area contributed by atoms with Crippen molar-refractivity contribution in [3.63, 3.8) is 0 Å². The molecule has 1 aliphatic carbocycles. The molecule has 0 saturated heterocycles. The molecule has 0 spiro atoms. The lowest BCUT2D eigenvalue weighted by Crippen LogP contribution is -2.22. The summed E-state index contributed by atoms with van der Waals surface area (Å²) in [5.74, 6) is -5.49. The third-order valence-corrected chi connectivity index (χ3v) is 1.15. The van der Waals surface area contributed by atoms with E-state index >= 15 is 0 Å². The van der Waals surface area contributed by atoms with Crippen molar-refractivity contribution in [2.45, 2.75) is 6.10 Å². The predicted molar refractivity (Wildman–Crippen MR) is 26.0 cm³/mol. The van der Waals surface area contributed by atoms with Crippen molar-refractivity contribution in [3.05, 3.63) is 0 Å². The van der Waals surface area contributed by atoms with E-state index in [2.05, 4.69) is 0 Å². The highest BCUT2D eigenvalue weighted by atomic mass is 16.3. The lowest BCUT2D eigenvalue weighted by Gasteiger charge is -1.87. The second kappa shape index (κ2) is 1.81. The molecule has 1 saturated carbocycles. The van der Waals surface area contributed by atoms with Gasteiger partial charge in [0.2, 0.25) is 11.6 Å². The maximum Gasteiger partial charge on any atom is 0.275 e. The van der Waals surface area contributed by atoms with Crippen LogP contribution in [-0.2, 0) is 19.2 Å². The Bertz CT molecular complexity index is 225. The molecular formula is C5H2O5. The molecule has 0 aliphatic heterocycles. The summed E-state index contributed by atoms with van der Waals surface area (Å²) >= 11 is 0. The normalized spacial score (nSPS) is 20.9. The number of carbonyl (C=O) groups excluding carboxylic acids is 4. The molecule has 0 amide bonds. The summed E-state index contributed by atoms with van der Waals surface area (Å²) in [6, 6.07) is 0. The minimum atomic E-state index is -2.04. The molecule has 1 fully saturated rings. The molecule has 10 heavy (non-hydrogen) atoms. The van der Waals surface area contributed by atoms with Gasteiger partial charge in [-0.3, -0.25) is 19.2 Å². The van der Waals surface area contributed by atoms with Crippen molar-refractivity contribution in [1.29, 1.82) is 0 Å². The number of aliphatic hydroxyl groups excluding tert-OH is 1. The summed E-state index contributed by atoms with van der Waals surface area (Å²) < 4.78 is 0. The molecule has 0 aromatic rings. The van der Waals surface area contributed by atoms with Gasteiger partial charge in [-0.2, -0.15) is 0 Å². The highest BCUT2D eigenvalue weighted by Crippen LogP contribution is 2.02. The number of carbonyl (C=O) groups is 4. The monoisotopic (exact) mass is 142 g/mol. The summed E-state index contributed by atoms with van der Waals surface area (Å²) in [5.41, 5.74) is 0. The molecule has 0 atom stereocenters. The van der Waals surface area contributed by atoms with Gasteiger partial charge in [-0.05, 0) is 0 Å². The van der Waals surface area contributed by atoms with E-state index in [1.807, 2.05) is 0 Å². The first-order valence-electron chi connectivity index (χ1n) is 2.40. The van der Waals surface area contributed by atoms with Crippen LogP contribution in [-0.4, -0.2) is 34.3 Å². The van der Waals surface area contributed by atoms with Gasteiger partial charge in [0.05, 0.1) is 0 Å². The minimum absolute atomic E-state index is 1.32. The van der Waals surface area contributed by atoms with Gasteiger partial charge in [0.1, 0.15) is 0 Å². The summed E-state index contributed by atoms with van der Waals surface area (Å²) in [6.07, 6.45) is -2.04. The highest BCUT2D eigenvalue weighted by Gasteiger charge is 2.47. The number of aliphatic hydroxyl groups is 1. The zero-order chi connectivity index (χ0) is 7.89. The van der Waals surface area contributed by atoms with Crippen molar-refractivity contribution in [1.82, 2.24) is 0 Å². The lowest BCUT2D eigenvalue weighted by molar-refractivity contribution is -0.142. The van der Waals surface area contributed by atoms with Crippen LogP contribution in [0.5, 0.6) is 0 Å². The van der Waals surface area contributed by atoms with E-state index in [0.717, 1.165) is 0 Å². The van der Waals surface area contributed by atoms with Crippen LogP contribution in [0.1, 0.15) is 0 Å². The van der Waals surface area contributed by atoms with Crippen molar-refractivity contribution in [2.75, 3.05) is 0 Å². The zero-order valence-corrected chi connectivity index (χ0v) is 4.66. The summed E-state index contributed by atoms with van der Waals surface area (Å²) in [6.45, 7) is 0. The Balaban J connectivity index is 3.12. The maximum atomic E-state index is 10.3. The second-order valence-corrected chi connectivity index (χ2v) is 1.79. The average Bonchev–Trinajstić information content (AvgIpc) is 2.07. The van der Waals surface area contributed by atoms with Crippen molar-refractivity contribution >= 4 is 23.1 Å². The van der Waals surface area contributed by atoms with E-state index in [1.165, 1.54) is 0 Å². The van der Waals surface area contributed by atoms with Crippen LogP contribution in [0.2, 0.25) is 0 Å². The summed E-state index contributed by atoms with van der Waals surface area (Å²) in [7, 11) is 0. The Morgan fingerprint density at radius 1 is 0.900 bits per heavy atom. The SMILES string of the molecule is O=C1C(=O)C(=O)C(O)C1=O. The molecule has 1 N–H and O–H groups in total. The molecule has 0 aromatic carbocycles. The molecule has 0 radical (unpaired) electrons. The van der Waals surface area contributed by atoms with Crippen LogP contribution < -0.4 is 0 Å². The third kappa shape index (κ3) is 0.608. The first-order chi connectivity index (χ1) is 4.55. The van der Waals surface area contributed by atoms with Gasteiger partial charge in [0.25, 0.3) is 11.6 Å². The Labute approximate surface area is 54.6 Å². The Morgan fingerprint density at radius 3 is 1.30 bits per heavy atom. The van der Waals surface area contributed by atoms with Gasteiger partial charge in [-0.15, -0.1) is 0 Å². The fourth-order valence-corrected chi connectivity index (χ4v) is 0.591. The maximum absolute atomic E-state index is 10.3. The van der Waals surface area contributed by atoms with E-state index in [4.69, 9.17) is 5.11 Å². The highest BCUT2D eigenvalue weighted by molar-refractivity contribution is 6.86. The van der Waals surface area contributed by atoms with Gasteiger partial charge in [-0.1, -0.05) is 0 Å². The quantitative estimate of drug-likeness (QED) is 0.302. The molecule has 0 heterocycles. The zero-order valence-electron chi connectivity index (χ0n) is 4.66. The van der Waals surface area contributed by atoms with Crippen LogP contribution in [0.15, 0.2) is 0 Å². The minimum Gasteiger partial charge on any atom is -0.377 e. The molecule has 0 bridgehead atoms. The van der Waals surface area contributed by atoms with E-state index in [0.29, 0.717) is 0 Å². The molecule has 5 heteroatoms. The number of hydrogen-bond donors (Lipinski definition) is 1. The summed E-state index contributed by atoms with van der Waals surface area (Å²) in [4.78, 5) is 41.1. The topological polar surface area (TPSA) is 88.5 Å². The average molecular weight is 142 g/mol. The van der Waals surface area contributed by atoms with Crippen LogP contribution in [0, 0.1) is 0 Å². The molecule has 0 aromatic heterocycles. The Hall–Kier alpha value is -1.36. The summed E-state index contributed by atoms with van der Waals surface area (Å²) in [5, 5.41) is 8.47. The van der Waals surface area contributed by atoms with Gasteiger partial charge in [0, 0.05) is 0 Å². The van der Waals surface area contributed by atoms with Gasteiger partial charge >= 0.3 is 0 Å². The number of rotatable bonds is 0. The van der Waals surface area contributed by atoms with E-state index in [-0.39, 0.29) is 0 Å². The van der Waals surface area contributed by atoms with Gasteiger partial charge in [-0.25, -0.2) is 0 Å². The fraction of sp³-hybridized carbons (Fsp3) is 0.200. The first-order valence-corrected chi connectivity index (χ1v) is 2.40.